The topological polar surface area (TPSA) is 41.1 Å². The van der Waals surface area contributed by atoms with Gasteiger partial charge in [-0.05, 0) is 62.1 Å². The second-order valence-corrected chi connectivity index (χ2v) is 5.14. The van der Waals surface area contributed by atoms with Crippen molar-refractivity contribution in [2.24, 2.45) is 0 Å². The number of hydrogen-bond acceptors (Lipinski definition) is 1. The summed E-state index contributed by atoms with van der Waals surface area (Å²) in [5, 5.41) is 5.77. The molecule has 0 fully saturated rings. The van der Waals surface area contributed by atoms with E-state index in [0.717, 1.165) is 28.1 Å². The zero-order valence-electron chi connectivity index (χ0n) is 12.4. The molecule has 0 heterocycles. The van der Waals surface area contributed by atoms with Gasteiger partial charge in [0.1, 0.15) is 0 Å². The molecule has 2 aromatic rings. The van der Waals surface area contributed by atoms with Crippen molar-refractivity contribution in [3.63, 3.8) is 0 Å². The Labute approximate surface area is 120 Å². The van der Waals surface area contributed by atoms with Crippen molar-refractivity contribution >= 4 is 17.4 Å². The molecular weight excluding hydrogens is 248 g/mol. The minimum absolute atomic E-state index is 0.217. The van der Waals surface area contributed by atoms with Gasteiger partial charge >= 0.3 is 6.03 Å². The summed E-state index contributed by atoms with van der Waals surface area (Å²) >= 11 is 0. The first-order valence-electron chi connectivity index (χ1n) is 6.69. The highest BCUT2D eigenvalue weighted by Gasteiger charge is 2.07. The SMILES string of the molecule is Cc1ccc(NC(=O)Nc2c(C)cccc2C)cc1C. The summed E-state index contributed by atoms with van der Waals surface area (Å²) in [5.74, 6) is 0. The molecule has 2 N–H and O–H groups in total. The third-order valence-electron chi connectivity index (χ3n) is 3.48. The lowest BCUT2D eigenvalue weighted by atomic mass is 10.1. The Bertz CT molecular complexity index is 627. The van der Waals surface area contributed by atoms with Gasteiger partial charge in [0, 0.05) is 11.4 Å². The number of carbonyl (C=O) groups is 1. The normalized spacial score (nSPS) is 10.2. The lowest BCUT2D eigenvalue weighted by molar-refractivity contribution is 0.262. The van der Waals surface area contributed by atoms with Crippen molar-refractivity contribution in [1.29, 1.82) is 0 Å². The molecule has 0 bridgehead atoms. The monoisotopic (exact) mass is 268 g/mol. The smallest absolute Gasteiger partial charge is 0.308 e. The zero-order valence-corrected chi connectivity index (χ0v) is 12.4. The van der Waals surface area contributed by atoms with E-state index in [1.54, 1.807) is 0 Å². The highest BCUT2D eigenvalue weighted by Crippen LogP contribution is 2.20. The van der Waals surface area contributed by atoms with Crippen LogP contribution in [-0.4, -0.2) is 6.03 Å². The van der Waals surface area contributed by atoms with E-state index >= 15 is 0 Å². The van der Waals surface area contributed by atoms with Gasteiger partial charge in [0.15, 0.2) is 0 Å². The Morgan fingerprint density at radius 1 is 0.800 bits per heavy atom. The number of nitrogens with one attached hydrogen (secondary N) is 2. The first-order valence-corrected chi connectivity index (χ1v) is 6.69. The van der Waals surface area contributed by atoms with Crippen LogP contribution in [0.25, 0.3) is 0 Å². The van der Waals surface area contributed by atoms with Gasteiger partial charge in [0.2, 0.25) is 0 Å². The molecular formula is C17H20N2O. The van der Waals surface area contributed by atoms with Crippen molar-refractivity contribution in [3.8, 4) is 0 Å². The van der Waals surface area contributed by atoms with Gasteiger partial charge in [-0.1, -0.05) is 24.3 Å². The number of benzene rings is 2. The number of para-hydroxylation sites is 1. The second kappa shape index (κ2) is 5.78. The Balaban J connectivity index is 2.11. The molecule has 0 radical (unpaired) electrons. The largest absolute Gasteiger partial charge is 0.323 e. The van der Waals surface area contributed by atoms with Gasteiger partial charge < -0.3 is 10.6 Å². The number of anilines is 2. The van der Waals surface area contributed by atoms with Crippen LogP contribution in [0.3, 0.4) is 0 Å². The van der Waals surface area contributed by atoms with Gasteiger partial charge in [0.05, 0.1) is 0 Å². The molecule has 0 saturated carbocycles. The fourth-order valence-electron chi connectivity index (χ4n) is 2.11. The summed E-state index contributed by atoms with van der Waals surface area (Å²) in [4.78, 5) is 12.1. The van der Waals surface area contributed by atoms with Crippen molar-refractivity contribution < 1.29 is 4.79 Å². The molecule has 0 aliphatic rings. The van der Waals surface area contributed by atoms with Crippen molar-refractivity contribution in [2.75, 3.05) is 10.6 Å². The Kier molecular flexibility index (Phi) is 4.08. The van der Waals surface area contributed by atoms with Crippen LogP contribution in [0, 0.1) is 27.7 Å². The van der Waals surface area contributed by atoms with Gasteiger partial charge in [-0.2, -0.15) is 0 Å². The molecule has 2 amide bonds. The Morgan fingerprint density at radius 2 is 1.45 bits per heavy atom. The molecule has 0 saturated heterocycles. The van der Waals surface area contributed by atoms with Crippen LogP contribution < -0.4 is 10.6 Å². The van der Waals surface area contributed by atoms with Gasteiger partial charge in [-0.15, -0.1) is 0 Å². The van der Waals surface area contributed by atoms with E-state index in [9.17, 15) is 4.79 Å². The summed E-state index contributed by atoms with van der Waals surface area (Å²) < 4.78 is 0. The van der Waals surface area contributed by atoms with E-state index < -0.39 is 0 Å². The van der Waals surface area contributed by atoms with E-state index in [1.807, 2.05) is 57.2 Å². The highest BCUT2D eigenvalue weighted by atomic mass is 16.2. The molecule has 2 rings (SSSR count). The molecule has 0 atom stereocenters. The molecule has 0 aliphatic heterocycles. The van der Waals surface area contributed by atoms with Gasteiger partial charge in [-0.25, -0.2) is 4.79 Å². The number of amides is 2. The summed E-state index contributed by atoms with van der Waals surface area (Å²) in [7, 11) is 0. The first kappa shape index (κ1) is 14.1. The summed E-state index contributed by atoms with van der Waals surface area (Å²) in [6.45, 7) is 8.05. The van der Waals surface area contributed by atoms with E-state index in [2.05, 4.69) is 17.6 Å². The highest BCUT2D eigenvalue weighted by molar-refractivity contribution is 6.00. The lowest BCUT2D eigenvalue weighted by Crippen LogP contribution is -2.20. The van der Waals surface area contributed by atoms with Crippen LogP contribution >= 0.6 is 0 Å². The van der Waals surface area contributed by atoms with Crippen LogP contribution in [0.5, 0.6) is 0 Å². The third kappa shape index (κ3) is 3.18. The van der Waals surface area contributed by atoms with E-state index in [-0.39, 0.29) is 6.03 Å². The number of aryl methyl sites for hydroxylation is 4. The quantitative estimate of drug-likeness (QED) is 0.823. The zero-order chi connectivity index (χ0) is 14.7. The number of urea groups is 1. The lowest BCUT2D eigenvalue weighted by Gasteiger charge is -2.13. The molecule has 0 unspecified atom stereocenters. The van der Waals surface area contributed by atoms with E-state index in [1.165, 1.54) is 5.56 Å². The minimum atomic E-state index is -0.217. The van der Waals surface area contributed by atoms with Crippen molar-refractivity contribution in [1.82, 2.24) is 0 Å². The third-order valence-corrected chi connectivity index (χ3v) is 3.48. The van der Waals surface area contributed by atoms with Crippen molar-refractivity contribution in [2.45, 2.75) is 27.7 Å². The maximum Gasteiger partial charge on any atom is 0.323 e. The standard InChI is InChI=1S/C17H20N2O/c1-11-8-9-15(10-14(11)4)18-17(20)19-16-12(2)6-5-7-13(16)3/h5-10H,1-4H3,(H2,18,19,20). The van der Waals surface area contributed by atoms with Crippen LogP contribution in [0.4, 0.5) is 16.2 Å². The number of hydrogen-bond donors (Lipinski definition) is 2. The predicted octanol–water partition coefficient (Wildman–Crippen LogP) is 4.56. The summed E-state index contributed by atoms with van der Waals surface area (Å²) in [5.41, 5.74) is 6.16. The Hall–Kier alpha value is -2.29. The van der Waals surface area contributed by atoms with E-state index in [4.69, 9.17) is 0 Å². The minimum Gasteiger partial charge on any atom is -0.308 e. The first-order chi connectivity index (χ1) is 9.47. The molecule has 0 aliphatic carbocycles. The number of carbonyl (C=O) groups excluding carboxylic acids is 1. The van der Waals surface area contributed by atoms with Gasteiger partial charge in [0.25, 0.3) is 0 Å². The van der Waals surface area contributed by atoms with Crippen molar-refractivity contribution in [3.05, 3.63) is 58.7 Å². The maximum atomic E-state index is 12.1. The average molecular weight is 268 g/mol. The molecule has 3 heteroatoms. The molecule has 0 spiro atoms. The van der Waals surface area contributed by atoms with Crippen LogP contribution in [0.2, 0.25) is 0 Å². The second-order valence-electron chi connectivity index (χ2n) is 5.14. The van der Waals surface area contributed by atoms with E-state index in [0.29, 0.717) is 0 Å². The molecule has 0 aromatic heterocycles. The van der Waals surface area contributed by atoms with Crippen LogP contribution in [0.15, 0.2) is 36.4 Å². The Morgan fingerprint density at radius 3 is 2.05 bits per heavy atom. The average Bonchev–Trinajstić information content (AvgIpc) is 2.38. The summed E-state index contributed by atoms with van der Waals surface area (Å²) in [6, 6.07) is 11.6. The molecule has 104 valence electrons. The molecule has 20 heavy (non-hydrogen) atoms. The van der Waals surface area contributed by atoms with Gasteiger partial charge in [-0.3, -0.25) is 0 Å². The fraction of sp³-hybridized carbons (Fsp3) is 0.235. The number of rotatable bonds is 2. The predicted molar refractivity (Wildman–Crippen MR) is 84.5 cm³/mol. The summed E-state index contributed by atoms with van der Waals surface area (Å²) in [6.07, 6.45) is 0. The molecule has 2 aromatic carbocycles. The molecule has 3 nitrogen and oxygen atoms in total. The van der Waals surface area contributed by atoms with Crippen LogP contribution in [0.1, 0.15) is 22.3 Å². The maximum absolute atomic E-state index is 12.1. The van der Waals surface area contributed by atoms with Crippen LogP contribution in [-0.2, 0) is 0 Å². The fourth-order valence-corrected chi connectivity index (χ4v) is 2.11.